The van der Waals surface area contributed by atoms with Gasteiger partial charge >= 0.3 is 0 Å². The first kappa shape index (κ1) is 22.9. The smallest absolute Gasteiger partial charge is 0.270 e. The Kier molecular flexibility index (Phi) is 6.48. The fourth-order valence-electron chi connectivity index (χ4n) is 3.99. The minimum absolute atomic E-state index is 0.0696. The molecule has 0 bridgehead atoms. The number of fused-ring (bicyclic) bond motifs is 1. The molecule has 10 heteroatoms. The summed E-state index contributed by atoms with van der Waals surface area (Å²) in [5.41, 5.74) is 5.08. The first-order valence-corrected chi connectivity index (χ1v) is 11.6. The standard InChI is InChI=1S/C26H24N8O2/c1-2-34(12-11-30-36)26(35)23-13-18-3-4-19(14-22(18)32-23)25-27-10-9-24(33-25)31-21-7-5-17(6-8-21)20-15-28-29-16-20/h3-10,13-16,32H,2,11-12H2,1H3,(H,28,29)(H,27,31,33). The molecule has 0 aliphatic rings. The monoisotopic (exact) mass is 480 g/mol. The van der Waals surface area contributed by atoms with Gasteiger partial charge in [0, 0.05) is 53.2 Å². The molecule has 2 aromatic carbocycles. The molecule has 0 saturated carbocycles. The summed E-state index contributed by atoms with van der Waals surface area (Å²) in [6.07, 6.45) is 5.34. The maximum absolute atomic E-state index is 12.8. The molecule has 0 fully saturated rings. The second kappa shape index (κ2) is 10.2. The van der Waals surface area contributed by atoms with Gasteiger partial charge in [-0.1, -0.05) is 29.4 Å². The highest BCUT2D eigenvalue weighted by molar-refractivity contribution is 5.98. The van der Waals surface area contributed by atoms with Crippen molar-refractivity contribution in [3.8, 4) is 22.5 Å². The number of likely N-dealkylation sites (N-methyl/N-ethyl adjacent to an activating group) is 1. The van der Waals surface area contributed by atoms with E-state index in [0.717, 1.165) is 33.3 Å². The molecule has 3 N–H and O–H groups in total. The fraction of sp³-hybridized carbons (Fsp3) is 0.154. The van der Waals surface area contributed by atoms with E-state index in [1.54, 1.807) is 17.3 Å². The number of aromatic nitrogens is 5. The van der Waals surface area contributed by atoms with Crippen LogP contribution in [0.2, 0.25) is 0 Å². The number of rotatable bonds is 9. The lowest BCUT2D eigenvalue weighted by Gasteiger charge is -2.18. The largest absolute Gasteiger partial charge is 0.351 e. The van der Waals surface area contributed by atoms with Crippen molar-refractivity contribution >= 4 is 28.3 Å². The zero-order chi connectivity index (χ0) is 24.9. The van der Waals surface area contributed by atoms with Crippen molar-refractivity contribution in [1.29, 1.82) is 0 Å². The van der Waals surface area contributed by atoms with Gasteiger partial charge in [0.25, 0.3) is 5.91 Å². The third-order valence-electron chi connectivity index (χ3n) is 5.89. The van der Waals surface area contributed by atoms with Gasteiger partial charge in [0.1, 0.15) is 11.5 Å². The Morgan fingerprint density at radius 1 is 1.06 bits per heavy atom. The van der Waals surface area contributed by atoms with E-state index in [-0.39, 0.29) is 12.5 Å². The van der Waals surface area contributed by atoms with E-state index < -0.39 is 0 Å². The maximum Gasteiger partial charge on any atom is 0.270 e. The van der Waals surface area contributed by atoms with Gasteiger partial charge in [-0.2, -0.15) is 10.0 Å². The summed E-state index contributed by atoms with van der Waals surface area (Å²) in [6, 6.07) is 17.4. The van der Waals surface area contributed by atoms with Crippen LogP contribution in [-0.4, -0.2) is 55.6 Å². The van der Waals surface area contributed by atoms with Crippen LogP contribution in [0.3, 0.4) is 0 Å². The van der Waals surface area contributed by atoms with Gasteiger partial charge in [-0.3, -0.25) is 9.89 Å². The number of nitrogens with zero attached hydrogens (tertiary/aromatic N) is 5. The summed E-state index contributed by atoms with van der Waals surface area (Å²) in [5, 5.41) is 13.9. The molecule has 0 spiro atoms. The van der Waals surface area contributed by atoms with Crippen LogP contribution in [0.15, 0.2) is 78.4 Å². The van der Waals surface area contributed by atoms with E-state index in [1.165, 1.54) is 0 Å². The highest BCUT2D eigenvalue weighted by Crippen LogP contribution is 2.25. The Morgan fingerprint density at radius 2 is 1.89 bits per heavy atom. The number of carbonyl (C=O) groups excluding carboxylic acids is 1. The molecule has 0 unspecified atom stereocenters. The van der Waals surface area contributed by atoms with Crippen molar-refractivity contribution < 1.29 is 4.79 Å². The zero-order valence-electron chi connectivity index (χ0n) is 19.6. The van der Waals surface area contributed by atoms with Crippen molar-refractivity contribution in [3.05, 3.63) is 83.8 Å². The van der Waals surface area contributed by atoms with E-state index in [2.05, 4.69) is 35.6 Å². The van der Waals surface area contributed by atoms with Crippen LogP contribution in [0.1, 0.15) is 17.4 Å². The average molecular weight is 481 g/mol. The molecule has 0 atom stereocenters. The van der Waals surface area contributed by atoms with Crippen LogP contribution >= 0.6 is 0 Å². The minimum Gasteiger partial charge on any atom is -0.351 e. The van der Waals surface area contributed by atoms with Crippen LogP contribution in [0.25, 0.3) is 33.4 Å². The first-order chi connectivity index (χ1) is 17.6. The second-order valence-electron chi connectivity index (χ2n) is 8.18. The zero-order valence-corrected chi connectivity index (χ0v) is 19.6. The predicted octanol–water partition coefficient (Wildman–Crippen LogP) is 4.99. The Bertz CT molecular complexity index is 1490. The number of nitroso groups, excluding NO2 is 1. The molecule has 180 valence electrons. The van der Waals surface area contributed by atoms with Crippen molar-refractivity contribution in [1.82, 2.24) is 30.0 Å². The van der Waals surface area contributed by atoms with Gasteiger partial charge in [0.15, 0.2) is 5.82 Å². The van der Waals surface area contributed by atoms with Crippen molar-refractivity contribution in [2.45, 2.75) is 6.92 Å². The predicted molar refractivity (Wildman–Crippen MR) is 139 cm³/mol. The van der Waals surface area contributed by atoms with E-state index in [4.69, 9.17) is 0 Å². The molecule has 0 saturated heterocycles. The molecular weight excluding hydrogens is 456 g/mol. The van der Waals surface area contributed by atoms with Gasteiger partial charge in [-0.05, 0) is 42.8 Å². The van der Waals surface area contributed by atoms with Gasteiger partial charge in [-0.25, -0.2) is 9.97 Å². The molecule has 10 nitrogen and oxygen atoms in total. The topological polar surface area (TPSA) is 132 Å². The lowest BCUT2D eigenvalue weighted by Crippen LogP contribution is -2.33. The number of aromatic amines is 2. The lowest BCUT2D eigenvalue weighted by atomic mass is 10.1. The number of benzene rings is 2. The van der Waals surface area contributed by atoms with Crippen molar-refractivity contribution in [2.24, 2.45) is 5.18 Å². The van der Waals surface area contributed by atoms with Gasteiger partial charge in [-0.15, -0.1) is 0 Å². The van der Waals surface area contributed by atoms with Gasteiger partial charge < -0.3 is 15.2 Å². The van der Waals surface area contributed by atoms with Gasteiger partial charge in [0.05, 0.1) is 12.7 Å². The summed E-state index contributed by atoms with van der Waals surface area (Å²) < 4.78 is 0. The van der Waals surface area contributed by atoms with Crippen LogP contribution < -0.4 is 5.32 Å². The fourth-order valence-corrected chi connectivity index (χ4v) is 3.99. The molecule has 0 aliphatic carbocycles. The van der Waals surface area contributed by atoms with E-state index in [9.17, 15) is 9.70 Å². The summed E-state index contributed by atoms with van der Waals surface area (Å²) >= 11 is 0. The average Bonchev–Trinajstić information content (AvgIpc) is 3.60. The Labute approximate surface area is 206 Å². The molecular formula is C26H24N8O2. The van der Waals surface area contributed by atoms with Crippen LogP contribution in [0.5, 0.6) is 0 Å². The van der Waals surface area contributed by atoms with Crippen molar-refractivity contribution in [2.75, 3.05) is 25.0 Å². The van der Waals surface area contributed by atoms with Crippen LogP contribution in [0.4, 0.5) is 11.5 Å². The third-order valence-corrected chi connectivity index (χ3v) is 5.89. The summed E-state index contributed by atoms with van der Waals surface area (Å²) in [6.45, 7) is 2.73. The lowest BCUT2D eigenvalue weighted by molar-refractivity contribution is 0.0764. The molecule has 5 aromatic rings. The number of anilines is 2. The third kappa shape index (κ3) is 4.83. The summed E-state index contributed by atoms with van der Waals surface area (Å²) in [7, 11) is 0. The van der Waals surface area contributed by atoms with Crippen molar-refractivity contribution in [3.63, 3.8) is 0 Å². The number of nitrogens with one attached hydrogen (secondary N) is 3. The molecule has 1 amide bonds. The van der Waals surface area contributed by atoms with Crippen LogP contribution in [-0.2, 0) is 0 Å². The number of carbonyl (C=O) groups is 1. The van der Waals surface area contributed by atoms with E-state index in [1.807, 2.05) is 67.7 Å². The normalized spacial score (nSPS) is 10.9. The molecule has 5 rings (SSSR count). The maximum atomic E-state index is 12.8. The number of hydrogen-bond donors (Lipinski definition) is 3. The van der Waals surface area contributed by atoms with E-state index in [0.29, 0.717) is 30.4 Å². The first-order valence-electron chi connectivity index (χ1n) is 11.6. The summed E-state index contributed by atoms with van der Waals surface area (Å²) in [4.78, 5) is 37.2. The quantitative estimate of drug-likeness (QED) is 0.255. The highest BCUT2D eigenvalue weighted by Gasteiger charge is 2.17. The number of amides is 1. The van der Waals surface area contributed by atoms with E-state index >= 15 is 0 Å². The Hall–Kier alpha value is -4.86. The molecule has 36 heavy (non-hydrogen) atoms. The molecule has 3 heterocycles. The SMILES string of the molecule is CCN(CCN=O)C(=O)c1cc2ccc(-c3nccc(Nc4ccc(-c5cn[nH]c5)cc4)n3)cc2[nH]1. The number of hydrogen-bond acceptors (Lipinski definition) is 7. The van der Waals surface area contributed by atoms with Crippen LogP contribution in [0, 0.1) is 4.91 Å². The minimum atomic E-state index is -0.167. The molecule has 0 aliphatic heterocycles. The second-order valence-corrected chi connectivity index (χ2v) is 8.18. The Balaban J connectivity index is 1.35. The molecule has 3 aromatic heterocycles. The summed E-state index contributed by atoms with van der Waals surface area (Å²) in [5.74, 6) is 1.06. The Morgan fingerprint density at radius 3 is 2.64 bits per heavy atom. The number of H-pyrrole nitrogens is 2. The molecule has 0 radical (unpaired) electrons. The van der Waals surface area contributed by atoms with Gasteiger partial charge in [0.2, 0.25) is 0 Å². The highest BCUT2D eigenvalue weighted by atomic mass is 16.3.